The van der Waals surface area contributed by atoms with Gasteiger partial charge in [-0.05, 0) is 60.4 Å². The molecule has 1 fully saturated rings. The molecule has 1 aliphatic carbocycles. The molecule has 0 aliphatic heterocycles. The summed E-state index contributed by atoms with van der Waals surface area (Å²) in [5.74, 6) is 0.955. The Balaban J connectivity index is 1.87. The predicted molar refractivity (Wildman–Crippen MR) is 78.7 cm³/mol. The highest BCUT2D eigenvalue weighted by Gasteiger charge is 2.28. The smallest absolute Gasteiger partial charge is 0.0766 e. The molecule has 0 amide bonds. The Hall–Kier alpha value is 0.170. The lowest BCUT2D eigenvalue weighted by molar-refractivity contribution is 0.621. The van der Waals surface area contributed by atoms with Crippen LogP contribution in [0.25, 0.3) is 0 Å². The number of hydrogen-bond donors (Lipinski definition) is 0. The van der Waals surface area contributed by atoms with Crippen molar-refractivity contribution >= 4 is 31.9 Å². The maximum Gasteiger partial charge on any atom is 0.0766 e. The van der Waals surface area contributed by atoms with Crippen molar-refractivity contribution in [3.63, 3.8) is 0 Å². The SMILES string of the molecule is CCc1nn(C)c(CCCC(Br)C2CC2)c1Br. The fraction of sp³-hybridized carbons (Fsp3) is 0.769. The van der Waals surface area contributed by atoms with E-state index in [0.29, 0.717) is 0 Å². The number of alkyl halides is 1. The van der Waals surface area contributed by atoms with E-state index < -0.39 is 0 Å². The van der Waals surface area contributed by atoms with Crippen LogP contribution in [0, 0.1) is 5.92 Å². The fourth-order valence-electron chi connectivity index (χ4n) is 2.25. The normalized spacial score (nSPS) is 17.4. The monoisotopic (exact) mass is 362 g/mol. The second kappa shape index (κ2) is 5.87. The first-order chi connectivity index (χ1) is 8.13. The van der Waals surface area contributed by atoms with E-state index in [4.69, 9.17) is 0 Å². The number of nitrogens with zero attached hydrogens (tertiary/aromatic N) is 2. The summed E-state index contributed by atoms with van der Waals surface area (Å²) in [6.07, 6.45) is 7.49. The van der Waals surface area contributed by atoms with E-state index in [-0.39, 0.29) is 0 Å². The molecule has 2 nitrogen and oxygen atoms in total. The van der Waals surface area contributed by atoms with Gasteiger partial charge in [0.1, 0.15) is 0 Å². The molecule has 1 aromatic heterocycles. The van der Waals surface area contributed by atoms with Crippen molar-refractivity contribution in [2.75, 3.05) is 0 Å². The average molecular weight is 364 g/mol. The summed E-state index contributed by atoms with van der Waals surface area (Å²) >= 11 is 7.48. The van der Waals surface area contributed by atoms with Gasteiger partial charge in [-0.2, -0.15) is 5.10 Å². The van der Waals surface area contributed by atoms with Crippen molar-refractivity contribution < 1.29 is 0 Å². The van der Waals surface area contributed by atoms with Crippen LogP contribution in [0.2, 0.25) is 0 Å². The van der Waals surface area contributed by atoms with Crippen molar-refractivity contribution in [2.45, 2.75) is 50.3 Å². The maximum atomic E-state index is 4.53. The van der Waals surface area contributed by atoms with Crippen LogP contribution in [0.15, 0.2) is 4.47 Å². The molecule has 2 rings (SSSR count). The minimum Gasteiger partial charge on any atom is -0.271 e. The van der Waals surface area contributed by atoms with Gasteiger partial charge in [0.05, 0.1) is 15.9 Å². The van der Waals surface area contributed by atoms with Gasteiger partial charge in [-0.25, -0.2) is 0 Å². The van der Waals surface area contributed by atoms with E-state index in [1.807, 2.05) is 11.7 Å². The van der Waals surface area contributed by atoms with Gasteiger partial charge in [-0.1, -0.05) is 22.9 Å². The molecule has 0 saturated heterocycles. The molecule has 0 N–H and O–H groups in total. The molecule has 96 valence electrons. The molecular weight excluding hydrogens is 344 g/mol. The summed E-state index contributed by atoms with van der Waals surface area (Å²) in [6, 6.07) is 0. The lowest BCUT2D eigenvalue weighted by atomic mass is 10.1. The zero-order chi connectivity index (χ0) is 12.4. The highest BCUT2D eigenvalue weighted by molar-refractivity contribution is 9.10. The molecule has 1 unspecified atom stereocenters. The van der Waals surface area contributed by atoms with Crippen molar-refractivity contribution in [2.24, 2.45) is 13.0 Å². The predicted octanol–water partition coefficient (Wildman–Crippen LogP) is 4.24. The molecule has 1 aliphatic rings. The Bertz CT molecular complexity index is 383. The highest BCUT2D eigenvalue weighted by Crippen LogP contribution is 2.39. The first-order valence-corrected chi connectivity index (χ1v) is 8.18. The second-order valence-corrected chi connectivity index (χ2v) is 6.90. The number of hydrogen-bond acceptors (Lipinski definition) is 1. The van der Waals surface area contributed by atoms with E-state index in [1.54, 1.807) is 0 Å². The Morgan fingerprint density at radius 1 is 1.47 bits per heavy atom. The Morgan fingerprint density at radius 3 is 2.71 bits per heavy atom. The molecule has 1 aromatic rings. The molecule has 1 atom stereocenters. The van der Waals surface area contributed by atoms with Crippen LogP contribution in [0.5, 0.6) is 0 Å². The quantitative estimate of drug-likeness (QED) is 0.691. The van der Waals surface area contributed by atoms with Crippen LogP contribution in [-0.4, -0.2) is 14.6 Å². The van der Waals surface area contributed by atoms with Crippen LogP contribution >= 0.6 is 31.9 Å². The van der Waals surface area contributed by atoms with E-state index in [1.165, 1.54) is 41.5 Å². The zero-order valence-electron chi connectivity index (χ0n) is 10.5. The average Bonchev–Trinajstić information content (AvgIpc) is 3.10. The Labute approximate surface area is 120 Å². The lowest BCUT2D eigenvalue weighted by Gasteiger charge is -2.08. The van der Waals surface area contributed by atoms with Crippen molar-refractivity contribution in [1.29, 1.82) is 0 Å². The van der Waals surface area contributed by atoms with Crippen molar-refractivity contribution in [3.05, 3.63) is 15.9 Å². The van der Waals surface area contributed by atoms with E-state index in [2.05, 4.69) is 43.9 Å². The van der Waals surface area contributed by atoms with Gasteiger partial charge < -0.3 is 0 Å². The van der Waals surface area contributed by atoms with Gasteiger partial charge in [0.15, 0.2) is 0 Å². The molecule has 0 spiro atoms. The topological polar surface area (TPSA) is 17.8 Å². The van der Waals surface area contributed by atoms with Gasteiger partial charge >= 0.3 is 0 Å². The summed E-state index contributed by atoms with van der Waals surface area (Å²) in [5.41, 5.74) is 2.53. The molecular formula is C13H20Br2N2. The number of aromatic nitrogens is 2. The summed E-state index contributed by atoms with van der Waals surface area (Å²) in [7, 11) is 2.05. The number of aryl methyl sites for hydroxylation is 2. The van der Waals surface area contributed by atoms with Crippen molar-refractivity contribution in [3.8, 4) is 0 Å². The van der Waals surface area contributed by atoms with Crippen LogP contribution in [0.3, 0.4) is 0 Å². The van der Waals surface area contributed by atoms with E-state index in [0.717, 1.165) is 23.6 Å². The number of rotatable bonds is 6. The lowest BCUT2D eigenvalue weighted by Crippen LogP contribution is -2.03. The zero-order valence-corrected chi connectivity index (χ0v) is 13.7. The van der Waals surface area contributed by atoms with Crippen LogP contribution in [0.4, 0.5) is 0 Å². The largest absolute Gasteiger partial charge is 0.271 e. The third-order valence-electron chi connectivity index (χ3n) is 3.53. The Morgan fingerprint density at radius 2 is 2.18 bits per heavy atom. The standard InChI is InChI=1S/C13H20Br2N2/c1-3-11-13(15)12(17(2)16-11)6-4-5-10(14)9-7-8-9/h9-10H,3-8H2,1-2H3. The third-order valence-corrected chi connectivity index (χ3v) is 5.65. The minimum atomic E-state index is 0.736. The summed E-state index contributed by atoms with van der Waals surface area (Å²) in [6.45, 7) is 2.15. The van der Waals surface area contributed by atoms with E-state index >= 15 is 0 Å². The number of halogens is 2. The van der Waals surface area contributed by atoms with Crippen molar-refractivity contribution in [1.82, 2.24) is 9.78 Å². The second-order valence-electron chi connectivity index (χ2n) is 4.93. The Kier molecular flexibility index (Phi) is 4.70. The highest BCUT2D eigenvalue weighted by atomic mass is 79.9. The third kappa shape index (κ3) is 3.34. The van der Waals surface area contributed by atoms with E-state index in [9.17, 15) is 0 Å². The summed E-state index contributed by atoms with van der Waals surface area (Å²) in [5, 5.41) is 4.53. The fourth-order valence-corrected chi connectivity index (χ4v) is 3.92. The molecule has 0 aromatic carbocycles. The van der Waals surface area contributed by atoms with Gasteiger partial charge in [-0.15, -0.1) is 0 Å². The van der Waals surface area contributed by atoms with Crippen LogP contribution < -0.4 is 0 Å². The minimum absolute atomic E-state index is 0.736. The first kappa shape index (κ1) is 13.6. The van der Waals surface area contributed by atoms with Crippen LogP contribution in [0.1, 0.15) is 44.0 Å². The van der Waals surface area contributed by atoms with Crippen LogP contribution in [-0.2, 0) is 19.9 Å². The first-order valence-electron chi connectivity index (χ1n) is 6.47. The molecule has 4 heteroatoms. The van der Waals surface area contributed by atoms with Gasteiger partial charge in [-0.3, -0.25) is 4.68 Å². The van der Waals surface area contributed by atoms with Gasteiger partial charge in [0.2, 0.25) is 0 Å². The summed E-state index contributed by atoms with van der Waals surface area (Å²) in [4.78, 5) is 0.736. The maximum absolute atomic E-state index is 4.53. The molecule has 0 radical (unpaired) electrons. The molecule has 17 heavy (non-hydrogen) atoms. The molecule has 0 bridgehead atoms. The van der Waals surface area contributed by atoms with Gasteiger partial charge in [0, 0.05) is 11.9 Å². The molecule has 1 heterocycles. The van der Waals surface area contributed by atoms with Gasteiger partial charge in [0.25, 0.3) is 0 Å². The summed E-state index contributed by atoms with van der Waals surface area (Å²) < 4.78 is 3.25. The molecule has 1 saturated carbocycles.